The molecule has 4 aromatic rings. The Kier molecular flexibility index (Phi) is 10.8. The van der Waals surface area contributed by atoms with Crippen LogP contribution in [-0.4, -0.2) is 42.3 Å². The van der Waals surface area contributed by atoms with E-state index < -0.39 is 10.1 Å². The minimum atomic E-state index is -4.07. The third-order valence-electron chi connectivity index (χ3n) is 7.34. The highest BCUT2D eigenvalue weighted by Crippen LogP contribution is 2.46. The number of hydrogen-bond acceptors (Lipinski definition) is 9. The summed E-state index contributed by atoms with van der Waals surface area (Å²) in [5.41, 5.74) is 2.92. The lowest BCUT2D eigenvalue weighted by atomic mass is 10.1. The van der Waals surface area contributed by atoms with Gasteiger partial charge in [-0.1, -0.05) is 76.8 Å². The first-order chi connectivity index (χ1) is 21.1. The molecule has 1 unspecified atom stereocenters. The number of halogens is 2. The molecular formula is C30H32Cl2N3O6S3+. The molecule has 5 rings (SSSR count). The molecule has 0 bridgehead atoms. The lowest BCUT2D eigenvalue weighted by Crippen LogP contribution is -2.36. The van der Waals surface area contributed by atoms with Crippen LogP contribution in [0.1, 0.15) is 31.7 Å². The van der Waals surface area contributed by atoms with Crippen molar-refractivity contribution < 1.29 is 32.2 Å². The van der Waals surface area contributed by atoms with Crippen LogP contribution >= 0.6 is 46.6 Å². The number of nitrogens with zero attached hydrogens (tertiary/aromatic N) is 3. The van der Waals surface area contributed by atoms with Crippen LogP contribution in [0.3, 0.4) is 0 Å². The van der Waals surface area contributed by atoms with Gasteiger partial charge in [-0.05, 0) is 49.1 Å². The third kappa shape index (κ3) is 7.35. The van der Waals surface area contributed by atoms with Gasteiger partial charge >= 0.3 is 0 Å². The highest BCUT2D eigenvalue weighted by Gasteiger charge is 2.31. The Hall–Kier alpha value is -2.39. The number of anilines is 2. The van der Waals surface area contributed by atoms with Crippen molar-refractivity contribution in [3.05, 3.63) is 81.6 Å². The average Bonchev–Trinajstić information content (AvgIpc) is 3.48. The maximum atomic E-state index is 11.5. The quantitative estimate of drug-likeness (QED) is 0.0473. The van der Waals surface area contributed by atoms with E-state index in [1.807, 2.05) is 49.4 Å². The van der Waals surface area contributed by atoms with Crippen LogP contribution in [0, 0.1) is 0 Å². The first-order valence-electron chi connectivity index (χ1n) is 14.0. The molecule has 1 aliphatic heterocycles. The summed E-state index contributed by atoms with van der Waals surface area (Å²) < 4.78 is 40.2. The SMILES string of the molecule is CCN1/C(=C\C=C\c2sc3ccc4ccccc4c3[n+]2CCCS(=O)(=O)O)N(CCC(C)SOOO)c2cc(Cl)c(Cl)cc21. The molecule has 1 aromatic heterocycles. The summed E-state index contributed by atoms with van der Waals surface area (Å²) in [6.07, 6.45) is 7.05. The molecular weight excluding hydrogens is 665 g/mol. The standard InChI is InChI=1S/C30H31Cl2N3O6S3/c1-3-33-25-18-23(31)24(32)19-26(25)34(16-14-20(2)43-41-40-36)28(33)10-6-11-29-35(15-7-17-44(37,38)39)30-22-9-5-4-8-21(22)12-13-27(30)42-29/h4-6,8-13,18-20H,3,7,14-17H2,1-2H3,(H-,36,37,38,39)/p+1. The predicted octanol–water partition coefficient (Wildman–Crippen LogP) is 7.98. The van der Waals surface area contributed by atoms with Crippen LogP contribution in [0.25, 0.3) is 27.1 Å². The molecule has 2 heterocycles. The molecule has 0 aliphatic carbocycles. The summed E-state index contributed by atoms with van der Waals surface area (Å²) in [6.45, 7) is 5.79. The Morgan fingerprint density at radius 1 is 1.11 bits per heavy atom. The predicted molar refractivity (Wildman–Crippen MR) is 181 cm³/mol. The topological polar surface area (TPSA) is 103 Å². The van der Waals surface area contributed by atoms with Crippen molar-refractivity contribution in [2.24, 2.45) is 0 Å². The second-order valence-corrected chi connectivity index (χ2v) is 14.8. The van der Waals surface area contributed by atoms with Crippen molar-refractivity contribution in [1.29, 1.82) is 0 Å². The molecule has 9 nitrogen and oxygen atoms in total. The van der Waals surface area contributed by atoms with E-state index >= 15 is 0 Å². The van der Waals surface area contributed by atoms with Crippen LogP contribution in [0.5, 0.6) is 0 Å². The maximum Gasteiger partial charge on any atom is 0.265 e. The van der Waals surface area contributed by atoms with E-state index in [-0.39, 0.29) is 17.4 Å². The van der Waals surface area contributed by atoms with Gasteiger partial charge in [0.1, 0.15) is 10.5 Å². The molecule has 0 radical (unpaired) electrons. The van der Waals surface area contributed by atoms with Crippen molar-refractivity contribution in [2.75, 3.05) is 28.6 Å². The van der Waals surface area contributed by atoms with Gasteiger partial charge in [-0.3, -0.25) is 4.55 Å². The molecule has 0 saturated heterocycles. The van der Waals surface area contributed by atoms with E-state index in [4.69, 9.17) is 28.5 Å². The summed E-state index contributed by atoms with van der Waals surface area (Å²) in [7, 11) is -4.07. The van der Waals surface area contributed by atoms with Gasteiger partial charge in [-0.15, -0.1) is 4.33 Å². The average molecular weight is 698 g/mol. The first-order valence-corrected chi connectivity index (χ1v) is 17.9. The van der Waals surface area contributed by atoms with E-state index in [1.165, 1.54) is 0 Å². The van der Waals surface area contributed by atoms with Gasteiger partial charge in [-0.25, -0.2) is 5.26 Å². The summed E-state index contributed by atoms with van der Waals surface area (Å²) in [6, 6.07) is 16.0. The molecule has 0 fully saturated rings. The fourth-order valence-electron chi connectivity index (χ4n) is 5.38. The smallest absolute Gasteiger partial charge is 0.265 e. The lowest BCUT2D eigenvalue weighted by molar-refractivity contribution is -0.667. The Morgan fingerprint density at radius 2 is 1.84 bits per heavy atom. The zero-order valence-electron chi connectivity index (χ0n) is 24.0. The van der Waals surface area contributed by atoms with Gasteiger partial charge in [0.05, 0.1) is 32.6 Å². The number of fused-ring (bicyclic) bond motifs is 4. The van der Waals surface area contributed by atoms with Crippen LogP contribution in [-0.2, 0) is 26.0 Å². The van der Waals surface area contributed by atoms with Crippen molar-refractivity contribution >= 4 is 95.1 Å². The molecule has 14 heteroatoms. The van der Waals surface area contributed by atoms with Crippen LogP contribution < -0.4 is 14.4 Å². The van der Waals surface area contributed by atoms with Gasteiger partial charge in [0.15, 0.2) is 6.54 Å². The lowest BCUT2D eigenvalue weighted by Gasteiger charge is -2.25. The molecule has 3 aromatic carbocycles. The molecule has 0 saturated carbocycles. The fourth-order valence-corrected chi connectivity index (χ4v) is 7.68. The van der Waals surface area contributed by atoms with Crippen LogP contribution in [0.15, 0.2) is 66.5 Å². The van der Waals surface area contributed by atoms with E-state index in [1.54, 1.807) is 11.3 Å². The summed E-state index contributed by atoms with van der Waals surface area (Å²) in [5, 5.41) is 16.4. The number of thiazole rings is 1. The zero-order chi connectivity index (χ0) is 31.4. The van der Waals surface area contributed by atoms with E-state index in [0.717, 1.165) is 55.2 Å². The monoisotopic (exact) mass is 696 g/mol. The summed E-state index contributed by atoms with van der Waals surface area (Å²) in [4.78, 5) is 4.35. The number of benzene rings is 3. The largest absolute Gasteiger partial charge is 0.326 e. The molecule has 1 atom stereocenters. The van der Waals surface area contributed by atoms with Crippen LogP contribution in [0.2, 0.25) is 10.0 Å². The third-order valence-corrected chi connectivity index (χ3v) is 10.7. The first kappa shape index (κ1) is 33.0. The van der Waals surface area contributed by atoms with Crippen molar-refractivity contribution in [3.8, 4) is 0 Å². The van der Waals surface area contributed by atoms with Gasteiger partial charge in [-0.2, -0.15) is 13.0 Å². The molecule has 44 heavy (non-hydrogen) atoms. The minimum absolute atomic E-state index is 0.0240. The molecule has 2 N–H and O–H groups in total. The Morgan fingerprint density at radius 3 is 2.55 bits per heavy atom. The summed E-state index contributed by atoms with van der Waals surface area (Å²) >= 11 is 15.5. The number of aryl methyl sites for hydroxylation is 1. The Bertz CT molecular complexity index is 1830. The number of hydrogen-bond donors (Lipinski definition) is 2. The summed E-state index contributed by atoms with van der Waals surface area (Å²) in [5.74, 6) is 0.628. The minimum Gasteiger partial charge on any atom is -0.326 e. The van der Waals surface area contributed by atoms with Gasteiger partial charge in [0, 0.05) is 42.9 Å². The van der Waals surface area contributed by atoms with Gasteiger partial charge < -0.3 is 9.80 Å². The molecule has 0 spiro atoms. The fraction of sp³-hybridized carbons (Fsp3) is 0.300. The van der Waals surface area contributed by atoms with E-state index in [0.29, 0.717) is 36.1 Å². The number of rotatable bonds is 13. The van der Waals surface area contributed by atoms with Crippen molar-refractivity contribution in [1.82, 2.24) is 0 Å². The molecule has 1 aliphatic rings. The molecule has 234 valence electrons. The van der Waals surface area contributed by atoms with E-state index in [2.05, 4.69) is 54.9 Å². The van der Waals surface area contributed by atoms with Crippen LogP contribution in [0.4, 0.5) is 11.4 Å². The normalized spacial score (nSPS) is 15.4. The van der Waals surface area contributed by atoms with Gasteiger partial charge in [0.25, 0.3) is 15.1 Å². The molecule has 0 amide bonds. The number of allylic oxidation sites excluding steroid dienone is 2. The van der Waals surface area contributed by atoms with Crippen molar-refractivity contribution in [3.63, 3.8) is 0 Å². The van der Waals surface area contributed by atoms with Crippen molar-refractivity contribution in [2.45, 2.75) is 38.5 Å². The Labute approximate surface area is 274 Å². The zero-order valence-corrected chi connectivity index (χ0v) is 28.0. The second kappa shape index (κ2) is 14.4. The second-order valence-electron chi connectivity index (χ2n) is 10.2. The van der Waals surface area contributed by atoms with Gasteiger partial charge in [0.2, 0.25) is 5.52 Å². The van der Waals surface area contributed by atoms with E-state index in [9.17, 15) is 13.0 Å². The maximum absolute atomic E-state index is 11.5. The number of aromatic nitrogens is 1. The highest BCUT2D eigenvalue weighted by atomic mass is 35.5. The Balaban J connectivity index is 1.53. The highest BCUT2D eigenvalue weighted by molar-refractivity contribution is 7.95.